The fraction of sp³-hybridized carbons (Fsp3) is 0.550. The molecule has 0 aliphatic heterocycles. The van der Waals surface area contributed by atoms with Gasteiger partial charge in [0.05, 0.1) is 38.6 Å². The standard InChI is InChI=1S/C20H30O7/c1-7-22-13-14(6)20(21)27-19-17(25-10-4)15(23-8-2)12-16(24-9-3)18(19)26-11-5/h12H,6-11,13H2,1-5H3. The number of rotatable bonds is 13. The maximum Gasteiger partial charge on any atom is 0.341 e. The molecule has 0 saturated carbocycles. The molecule has 0 unspecified atom stereocenters. The summed E-state index contributed by atoms with van der Waals surface area (Å²) in [6, 6.07) is 1.68. The summed E-state index contributed by atoms with van der Waals surface area (Å²) < 4.78 is 33.5. The summed E-state index contributed by atoms with van der Waals surface area (Å²) in [5.41, 5.74) is 0.182. The molecule has 0 aromatic heterocycles. The van der Waals surface area contributed by atoms with Crippen molar-refractivity contribution in [2.24, 2.45) is 0 Å². The molecule has 0 spiro atoms. The van der Waals surface area contributed by atoms with Crippen molar-refractivity contribution in [1.29, 1.82) is 0 Å². The molecule has 27 heavy (non-hydrogen) atoms. The molecule has 0 amide bonds. The molecule has 0 fully saturated rings. The fourth-order valence-corrected chi connectivity index (χ4v) is 2.21. The molecule has 0 aliphatic carbocycles. The van der Waals surface area contributed by atoms with E-state index >= 15 is 0 Å². The quantitative estimate of drug-likeness (QED) is 0.292. The van der Waals surface area contributed by atoms with Gasteiger partial charge in [-0.1, -0.05) is 6.58 Å². The van der Waals surface area contributed by atoms with Gasteiger partial charge >= 0.3 is 5.97 Å². The topological polar surface area (TPSA) is 72.5 Å². The van der Waals surface area contributed by atoms with Crippen LogP contribution in [0, 0.1) is 0 Å². The molecule has 1 aromatic carbocycles. The van der Waals surface area contributed by atoms with E-state index in [9.17, 15) is 4.79 Å². The van der Waals surface area contributed by atoms with E-state index in [1.54, 1.807) is 6.07 Å². The molecule has 0 heterocycles. The normalized spacial score (nSPS) is 10.3. The van der Waals surface area contributed by atoms with Gasteiger partial charge in [-0.25, -0.2) is 4.79 Å². The average molecular weight is 382 g/mol. The van der Waals surface area contributed by atoms with E-state index in [1.165, 1.54) is 0 Å². The van der Waals surface area contributed by atoms with E-state index in [0.717, 1.165) is 0 Å². The third kappa shape index (κ3) is 6.36. The van der Waals surface area contributed by atoms with Crippen molar-refractivity contribution in [3.05, 3.63) is 18.2 Å². The smallest absolute Gasteiger partial charge is 0.341 e. The molecular weight excluding hydrogens is 352 g/mol. The molecule has 0 N–H and O–H groups in total. The highest BCUT2D eigenvalue weighted by atomic mass is 16.6. The number of carbonyl (C=O) groups excluding carboxylic acids is 1. The van der Waals surface area contributed by atoms with E-state index in [-0.39, 0.29) is 29.4 Å². The molecule has 0 aliphatic rings. The molecular formula is C20H30O7. The number of carbonyl (C=O) groups is 1. The molecule has 0 saturated heterocycles. The Morgan fingerprint density at radius 3 is 1.67 bits per heavy atom. The zero-order chi connectivity index (χ0) is 20.2. The summed E-state index contributed by atoms with van der Waals surface area (Å²) in [6.45, 7) is 15.0. The first-order chi connectivity index (χ1) is 13.0. The van der Waals surface area contributed by atoms with Crippen molar-refractivity contribution in [2.45, 2.75) is 34.6 Å². The zero-order valence-corrected chi connectivity index (χ0v) is 16.9. The van der Waals surface area contributed by atoms with Gasteiger partial charge in [0.2, 0.25) is 17.2 Å². The van der Waals surface area contributed by atoms with E-state index in [1.807, 2.05) is 34.6 Å². The van der Waals surface area contributed by atoms with Gasteiger partial charge in [0.15, 0.2) is 11.5 Å². The van der Waals surface area contributed by atoms with Crippen molar-refractivity contribution in [2.75, 3.05) is 39.6 Å². The van der Waals surface area contributed by atoms with Crippen molar-refractivity contribution >= 4 is 5.97 Å². The molecule has 1 rings (SSSR count). The van der Waals surface area contributed by atoms with Gasteiger partial charge in [-0.2, -0.15) is 0 Å². The summed E-state index contributed by atoms with van der Waals surface area (Å²) in [5, 5.41) is 0. The van der Waals surface area contributed by atoms with Crippen LogP contribution in [0.1, 0.15) is 34.6 Å². The predicted octanol–water partition coefficient (Wildman–Crippen LogP) is 3.78. The first kappa shape index (κ1) is 22.6. The second-order valence-corrected chi connectivity index (χ2v) is 5.22. The lowest BCUT2D eigenvalue weighted by Gasteiger charge is -2.21. The zero-order valence-electron chi connectivity index (χ0n) is 16.9. The van der Waals surface area contributed by atoms with Gasteiger partial charge in [0.1, 0.15) is 0 Å². The Labute approximate surface area is 161 Å². The third-order valence-electron chi connectivity index (χ3n) is 3.26. The molecule has 0 atom stereocenters. The first-order valence-corrected chi connectivity index (χ1v) is 9.23. The number of hydrogen-bond acceptors (Lipinski definition) is 7. The maximum atomic E-state index is 12.5. The Morgan fingerprint density at radius 1 is 0.778 bits per heavy atom. The van der Waals surface area contributed by atoms with Crippen LogP contribution in [-0.2, 0) is 9.53 Å². The van der Waals surface area contributed by atoms with E-state index in [0.29, 0.717) is 44.5 Å². The molecule has 0 bridgehead atoms. The van der Waals surface area contributed by atoms with Crippen LogP contribution in [0.2, 0.25) is 0 Å². The van der Waals surface area contributed by atoms with Crippen LogP contribution in [0.15, 0.2) is 18.2 Å². The Kier molecular flexibility index (Phi) is 10.1. The van der Waals surface area contributed by atoms with Gasteiger partial charge in [0.25, 0.3) is 0 Å². The first-order valence-electron chi connectivity index (χ1n) is 9.23. The molecule has 7 nitrogen and oxygen atoms in total. The Morgan fingerprint density at radius 2 is 1.26 bits per heavy atom. The molecule has 1 aromatic rings. The minimum atomic E-state index is -0.638. The van der Waals surface area contributed by atoms with Gasteiger partial charge < -0.3 is 28.4 Å². The highest BCUT2D eigenvalue weighted by Gasteiger charge is 2.27. The lowest BCUT2D eigenvalue weighted by atomic mass is 10.2. The van der Waals surface area contributed by atoms with Crippen molar-refractivity contribution in [3.63, 3.8) is 0 Å². The SMILES string of the molecule is C=C(COCC)C(=O)Oc1c(OCC)c(OCC)cc(OCC)c1OCC. The van der Waals surface area contributed by atoms with E-state index in [2.05, 4.69) is 6.58 Å². The molecule has 152 valence electrons. The molecule has 7 heteroatoms. The number of esters is 1. The van der Waals surface area contributed by atoms with Crippen LogP contribution in [0.25, 0.3) is 0 Å². The third-order valence-corrected chi connectivity index (χ3v) is 3.26. The Bertz CT molecular complexity index is 591. The minimum absolute atomic E-state index is 0.0761. The second kappa shape index (κ2) is 12.1. The summed E-state index contributed by atoms with van der Waals surface area (Å²) in [7, 11) is 0. The fourth-order valence-electron chi connectivity index (χ4n) is 2.21. The van der Waals surface area contributed by atoms with E-state index in [4.69, 9.17) is 28.4 Å². The van der Waals surface area contributed by atoms with Crippen LogP contribution in [0.4, 0.5) is 0 Å². The Hall–Kier alpha value is -2.41. The maximum absolute atomic E-state index is 12.5. The number of benzene rings is 1. The van der Waals surface area contributed by atoms with Crippen LogP contribution in [0.3, 0.4) is 0 Å². The van der Waals surface area contributed by atoms with Gasteiger partial charge in [0, 0.05) is 12.7 Å². The largest absolute Gasteiger partial charge is 0.490 e. The highest BCUT2D eigenvalue weighted by Crippen LogP contribution is 2.51. The Balaban J connectivity index is 3.43. The predicted molar refractivity (Wildman–Crippen MR) is 102 cm³/mol. The van der Waals surface area contributed by atoms with Gasteiger partial charge in [-0.3, -0.25) is 0 Å². The summed E-state index contributed by atoms with van der Waals surface area (Å²) in [6.07, 6.45) is 0. The average Bonchev–Trinajstić information content (AvgIpc) is 2.65. The monoisotopic (exact) mass is 382 g/mol. The summed E-state index contributed by atoms with van der Waals surface area (Å²) in [4.78, 5) is 12.5. The lowest BCUT2D eigenvalue weighted by molar-refractivity contribution is -0.131. The lowest BCUT2D eigenvalue weighted by Crippen LogP contribution is -2.16. The van der Waals surface area contributed by atoms with Crippen LogP contribution in [0.5, 0.6) is 28.7 Å². The minimum Gasteiger partial charge on any atom is -0.490 e. The molecule has 0 radical (unpaired) electrons. The van der Waals surface area contributed by atoms with Crippen molar-refractivity contribution in [3.8, 4) is 28.7 Å². The van der Waals surface area contributed by atoms with Gasteiger partial charge in [-0.05, 0) is 34.6 Å². The van der Waals surface area contributed by atoms with Crippen molar-refractivity contribution < 1.29 is 33.2 Å². The highest BCUT2D eigenvalue weighted by molar-refractivity contribution is 5.91. The van der Waals surface area contributed by atoms with Crippen LogP contribution < -0.4 is 23.7 Å². The summed E-state index contributed by atoms with van der Waals surface area (Å²) >= 11 is 0. The van der Waals surface area contributed by atoms with Crippen LogP contribution >= 0.6 is 0 Å². The van der Waals surface area contributed by atoms with E-state index < -0.39 is 5.97 Å². The van der Waals surface area contributed by atoms with Gasteiger partial charge in [-0.15, -0.1) is 0 Å². The number of hydrogen-bond donors (Lipinski definition) is 0. The second-order valence-electron chi connectivity index (χ2n) is 5.22. The van der Waals surface area contributed by atoms with Crippen LogP contribution in [-0.4, -0.2) is 45.6 Å². The summed E-state index contributed by atoms with van der Waals surface area (Å²) in [5.74, 6) is 0.846. The number of ether oxygens (including phenoxy) is 6. The van der Waals surface area contributed by atoms with Crippen molar-refractivity contribution in [1.82, 2.24) is 0 Å².